The molecule has 3 heterocycles. The zero-order chi connectivity index (χ0) is 25.4. The van der Waals surface area contributed by atoms with Crippen LogP contribution in [0.15, 0.2) is 46.6 Å². The van der Waals surface area contributed by atoms with Crippen molar-refractivity contribution >= 4 is 29.2 Å². The van der Waals surface area contributed by atoms with Gasteiger partial charge in [0.2, 0.25) is 23.8 Å². The number of carbonyl (C=O) groups excluding carboxylic acids is 2. The van der Waals surface area contributed by atoms with Gasteiger partial charge in [0.05, 0.1) is 5.69 Å². The van der Waals surface area contributed by atoms with E-state index in [2.05, 4.69) is 10.3 Å². The Morgan fingerprint density at radius 1 is 1.17 bits per heavy atom. The van der Waals surface area contributed by atoms with Gasteiger partial charge in [0, 0.05) is 38.4 Å². The van der Waals surface area contributed by atoms with E-state index in [0.29, 0.717) is 6.07 Å². The Bertz CT molecular complexity index is 1250. The molecule has 0 aromatic heterocycles. The number of Topliss-reactive ketones (excluding diaryl/α,β-unsaturated/α-hetero) is 2. The lowest BCUT2D eigenvalue weighted by Gasteiger charge is -2.45. The molecule has 1 fully saturated rings. The van der Waals surface area contributed by atoms with E-state index in [9.17, 15) is 28.3 Å². The highest BCUT2D eigenvalue weighted by Crippen LogP contribution is 2.36. The number of allylic oxidation sites excluding steroid dienone is 1. The number of fused-ring (bicyclic) bond motifs is 1. The molecule has 1 aromatic rings. The van der Waals surface area contributed by atoms with Gasteiger partial charge < -0.3 is 30.9 Å². The van der Waals surface area contributed by atoms with Crippen LogP contribution in [0.1, 0.15) is 0 Å². The maximum absolute atomic E-state index is 15.2. The molecule has 0 saturated carbocycles. The number of anilines is 1. The number of hydrogen-bond acceptors (Lipinski definition) is 8. The van der Waals surface area contributed by atoms with E-state index in [-0.39, 0.29) is 43.6 Å². The molecule has 0 amide bonds. The summed E-state index contributed by atoms with van der Waals surface area (Å²) in [5, 5.41) is 20.8. The Morgan fingerprint density at radius 3 is 2.46 bits per heavy atom. The van der Waals surface area contributed by atoms with Crippen molar-refractivity contribution in [2.75, 3.05) is 31.1 Å². The molecule has 3 aliphatic heterocycles. The van der Waals surface area contributed by atoms with Gasteiger partial charge in [0.25, 0.3) is 0 Å². The van der Waals surface area contributed by atoms with Crippen LogP contribution in [0.25, 0.3) is 0 Å². The summed E-state index contributed by atoms with van der Waals surface area (Å²) in [6, 6.07) is 2.50. The number of carbonyl (C=O) groups is 3. The quantitative estimate of drug-likeness (QED) is 0.174. The predicted molar refractivity (Wildman–Crippen MR) is 113 cm³/mol. The summed E-state index contributed by atoms with van der Waals surface area (Å²) in [4.78, 5) is 44.8. The van der Waals surface area contributed by atoms with Crippen molar-refractivity contribution in [2.45, 2.75) is 6.17 Å². The zero-order valence-corrected chi connectivity index (χ0v) is 17.9. The minimum Gasteiger partial charge on any atom is -0.478 e. The Morgan fingerprint density at radius 2 is 1.86 bits per heavy atom. The summed E-state index contributed by atoms with van der Waals surface area (Å²) in [6.45, 7) is 0.764. The number of carboxylic acids is 1. The van der Waals surface area contributed by atoms with Crippen molar-refractivity contribution in [1.29, 1.82) is 5.26 Å². The average molecular weight is 489 g/mol. The van der Waals surface area contributed by atoms with Gasteiger partial charge in [-0.2, -0.15) is 9.65 Å². The third kappa shape index (κ3) is 4.12. The number of carboxylic acid groups (broad SMARTS) is 1. The highest BCUT2D eigenvalue weighted by Gasteiger charge is 2.51. The summed E-state index contributed by atoms with van der Waals surface area (Å²) >= 11 is 0. The smallest absolute Gasteiger partial charge is 0.340 e. The maximum atomic E-state index is 15.2. The van der Waals surface area contributed by atoms with Crippen LogP contribution in [0.2, 0.25) is 0 Å². The van der Waals surface area contributed by atoms with Gasteiger partial charge in [0.15, 0.2) is 5.78 Å². The second-order valence-electron chi connectivity index (χ2n) is 7.85. The molecule has 0 aliphatic carbocycles. The Labute approximate surface area is 196 Å². The number of halogens is 3. The SMILES string of the molecule is N#CN=C(N)N1CCN(C2=C(F)C(=O)C3C(=O)C(C(=O)O)=CN(c4ccc(F)cc4F)C3N2)CC1. The third-order valence-corrected chi connectivity index (χ3v) is 5.93. The monoisotopic (exact) mass is 489 g/mol. The first-order valence-corrected chi connectivity index (χ1v) is 10.3. The molecule has 14 heteroatoms. The number of hydrogen-bond donors (Lipinski definition) is 3. The Hall–Kier alpha value is -4.54. The fourth-order valence-electron chi connectivity index (χ4n) is 4.21. The minimum atomic E-state index is -1.82. The summed E-state index contributed by atoms with van der Waals surface area (Å²) in [5.41, 5.74) is 4.53. The molecule has 1 aromatic carbocycles. The van der Waals surface area contributed by atoms with Crippen LogP contribution < -0.4 is 16.0 Å². The largest absolute Gasteiger partial charge is 0.478 e. The van der Waals surface area contributed by atoms with Crippen molar-refractivity contribution in [1.82, 2.24) is 15.1 Å². The number of nitrogens with zero attached hydrogens (tertiary/aromatic N) is 5. The van der Waals surface area contributed by atoms with Crippen LogP contribution in [0.3, 0.4) is 0 Å². The first kappa shape index (κ1) is 23.6. The summed E-state index contributed by atoms with van der Waals surface area (Å²) in [5.74, 6) is -9.44. The number of guanidine groups is 1. The number of nitrogens with one attached hydrogen (secondary N) is 1. The molecule has 0 radical (unpaired) electrons. The topological polar surface area (TPSA) is 155 Å². The van der Waals surface area contributed by atoms with Crippen LogP contribution in [0.5, 0.6) is 0 Å². The first-order chi connectivity index (χ1) is 16.6. The second kappa shape index (κ2) is 9.01. The van der Waals surface area contributed by atoms with Crippen LogP contribution in [-0.4, -0.2) is 70.7 Å². The Kier molecular flexibility index (Phi) is 6.08. The van der Waals surface area contributed by atoms with E-state index in [1.165, 1.54) is 4.90 Å². The van der Waals surface area contributed by atoms with Gasteiger partial charge >= 0.3 is 5.97 Å². The van der Waals surface area contributed by atoms with Crippen LogP contribution >= 0.6 is 0 Å². The van der Waals surface area contributed by atoms with Gasteiger partial charge in [-0.15, -0.1) is 4.99 Å². The summed E-state index contributed by atoms with van der Waals surface area (Å²) < 4.78 is 43.3. The van der Waals surface area contributed by atoms with Crippen molar-refractivity contribution in [3.8, 4) is 6.19 Å². The number of aliphatic carboxylic acids is 1. The number of nitriles is 1. The molecular weight excluding hydrogens is 471 g/mol. The number of rotatable bonds is 3. The first-order valence-electron chi connectivity index (χ1n) is 10.3. The molecule has 0 spiro atoms. The highest BCUT2D eigenvalue weighted by molar-refractivity contribution is 6.26. The Balaban J connectivity index is 1.70. The number of piperazine rings is 1. The minimum absolute atomic E-state index is 0.0171. The lowest BCUT2D eigenvalue weighted by molar-refractivity contribution is -0.137. The van der Waals surface area contributed by atoms with Crippen molar-refractivity contribution in [2.24, 2.45) is 16.6 Å². The molecule has 3 aliphatic rings. The molecule has 11 nitrogen and oxygen atoms in total. The van der Waals surface area contributed by atoms with Gasteiger partial charge in [-0.3, -0.25) is 9.59 Å². The molecule has 35 heavy (non-hydrogen) atoms. The third-order valence-electron chi connectivity index (χ3n) is 5.93. The number of nitrogens with two attached hydrogens (primary N) is 1. The van der Waals surface area contributed by atoms with Crippen LogP contribution in [0.4, 0.5) is 18.9 Å². The van der Waals surface area contributed by atoms with E-state index in [1.54, 1.807) is 11.1 Å². The van der Waals surface area contributed by atoms with Crippen LogP contribution in [0, 0.1) is 29.0 Å². The van der Waals surface area contributed by atoms with E-state index >= 15 is 4.39 Å². The molecule has 0 bridgehead atoms. The molecule has 182 valence electrons. The lowest BCUT2D eigenvalue weighted by atomic mass is 9.84. The molecule has 4 N–H and O–H groups in total. The number of aliphatic imine (C=N–C) groups is 1. The molecule has 1 saturated heterocycles. The maximum Gasteiger partial charge on any atom is 0.340 e. The van der Waals surface area contributed by atoms with Gasteiger partial charge in [0.1, 0.15) is 35.1 Å². The highest BCUT2D eigenvalue weighted by atomic mass is 19.1. The standard InChI is InChI=1S/C21H18F3N7O4/c22-10-1-2-13(12(23)7-10)31-8-11(20(34)35)16(32)14-17(33)15(24)19(28-18(14)31)29-3-5-30(6-4-29)21(26)27-9-25/h1-2,7-8,14,18,28H,3-6H2,(H2,26,27)(H,34,35). The van der Waals surface area contributed by atoms with E-state index in [0.717, 1.165) is 23.2 Å². The summed E-state index contributed by atoms with van der Waals surface area (Å²) in [7, 11) is 0. The number of ketones is 2. The predicted octanol–water partition coefficient (Wildman–Crippen LogP) is -0.0110. The van der Waals surface area contributed by atoms with Crippen molar-refractivity contribution in [3.63, 3.8) is 0 Å². The van der Waals surface area contributed by atoms with Gasteiger partial charge in [-0.05, 0) is 12.1 Å². The molecular formula is C21H18F3N7O4. The van der Waals surface area contributed by atoms with Crippen LogP contribution in [-0.2, 0) is 14.4 Å². The van der Waals surface area contributed by atoms with E-state index < -0.39 is 52.7 Å². The van der Waals surface area contributed by atoms with Crippen molar-refractivity contribution < 1.29 is 32.7 Å². The second-order valence-corrected chi connectivity index (χ2v) is 7.85. The fraction of sp³-hybridized carbons (Fsp3) is 0.286. The number of benzene rings is 1. The lowest BCUT2D eigenvalue weighted by Crippen LogP contribution is -2.62. The van der Waals surface area contributed by atoms with Gasteiger partial charge in [-0.25, -0.2) is 13.6 Å². The van der Waals surface area contributed by atoms with Crippen molar-refractivity contribution in [3.05, 3.63) is 53.3 Å². The van der Waals surface area contributed by atoms with E-state index in [1.807, 2.05) is 0 Å². The van der Waals surface area contributed by atoms with Gasteiger partial charge in [-0.1, -0.05) is 0 Å². The summed E-state index contributed by atoms with van der Waals surface area (Å²) in [6.07, 6.45) is 1.02. The molecule has 4 rings (SSSR count). The van der Waals surface area contributed by atoms with E-state index in [4.69, 9.17) is 11.0 Å². The molecule has 2 unspecified atom stereocenters. The fourth-order valence-corrected chi connectivity index (χ4v) is 4.21. The zero-order valence-electron chi connectivity index (χ0n) is 17.9. The average Bonchev–Trinajstić information content (AvgIpc) is 2.82. The normalized spacial score (nSPS) is 23.0. The molecule has 2 atom stereocenters.